The van der Waals surface area contributed by atoms with Crippen LogP contribution in [0.15, 0.2) is 11.1 Å². The van der Waals surface area contributed by atoms with Crippen LogP contribution < -0.4 is 0 Å². The van der Waals surface area contributed by atoms with Gasteiger partial charge in [0.25, 0.3) is 0 Å². The minimum Gasteiger partial charge on any atom is -0.126 e. The van der Waals surface area contributed by atoms with Crippen LogP contribution in [0.2, 0.25) is 0 Å². The molecule has 0 heterocycles. The molecule has 0 spiro atoms. The smallest absolute Gasteiger partial charge is 0.0583 e. The predicted molar refractivity (Wildman–Crippen MR) is 73.7 cm³/mol. The number of allylic oxidation sites excluding steroid dienone is 1. The molecular weight excluding hydrogens is 333 g/mol. The van der Waals surface area contributed by atoms with E-state index in [1.54, 1.807) is 0 Å². The summed E-state index contributed by atoms with van der Waals surface area (Å²) in [5.74, 6) is 0.701. The van der Waals surface area contributed by atoms with E-state index in [1.165, 1.54) is 5.54 Å². The quantitative estimate of drug-likeness (QED) is 0.640. The lowest BCUT2D eigenvalue weighted by Gasteiger charge is -2.40. The molecule has 6 heteroatoms. The fourth-order valence-electron chi connectivity index (χ4n) is 3.00. The van der Waals surface area contributed by atoms with Crippen molar-refractivity contribution in [3.05, 3.63) is 11.1 Å². The van der Waals surface area contributed by atoms with Gasteiger partial charge in [-0.1, -0.05) is 11.6 Å². The van der Waals surface area contributed by atoms with Crippen LogP contribution in [-0.2, 0) is 0 Å². The first-order valence-electron chi connectivity index (χ1n) is 4.90. The molecule has 3 unspecified atom stereocenters. The fraction of sp³-hybridized carbons (Fsp3) is 0.800. The highest BCUT2D eigenvalue weighted by atomic mass is 35.5. The van der Waals surface area contributed by atoms with Gasteiger partial charge in [-0.25, -0.2) is 0 Å². The highest BCUT2D eigenvalue weighted by Crippen LogP contribution is 2.64. The Kier molecular flexibility index (Phi) is 4.23. The Morgan fingerprint density at radius 3 is 2.00 bits per heavy atom. The Labute approximate surface area is 125 Å². The molecule has 2 aliphatic carbocycles. The summed E-state index contributed by atoms with van der Waals surface area (Å²) in [7, 11) is 0. The summed E-state index contributed by atoms with van der Waals surface area (Å²) >= 11 is 37.0. The number of hydrogen-bond acceptors (Lipinski definition) is 0. The van der Waals surface area contributed by atoms with Gasteiger partial charge in [-0.05, 0) is 5.57 Å². The summed E-state index contributed by atoms with van der Waals surface area (Å²) in [5.41, 5.74) is 2.09. The Bertz CT molecular complexity index is 310. The van der Waals surface area contributed by atoms with Crippen LogP contribution in [0, 0.1) is 17.3 Å². The van der Waals surface area contributed by atoms with Gasteiger partial charge in [0.1, 0.15) is 0 Å². The van der Waals surface area contributed by atoms with Crippen molar-refractivity contribution in [3.63, 3.8) is 0 Å². The van der Waals surface area contributed by atoms with Crippen molar-refractivity contribution in [2.45, 2.75) is 16.1 Å². The van der Waals surface area contributed by atoms with Gasteiger partial charge in [-0.15, -0.1) is 58.0 Å². The maximum Gasteiger partial charge on any atom is 0.0583 e. The van der Waals surface area contributed by atoms with E-state index in [9.17, 15) is 0 Å². The van der Waals surface area contributed by atoms with Crippen molar-refractivity contribution in [2.24, 2.45) is 17.3 Å². The zero-order valence-corrected chi connectivity index (χ0v) is 12.7. The first kappa shape index (κ1) is 13.9. The molecule has 2 saturated carbocycles. The third kappa shape index (κ3) is 1.57. The van der Waals surface area contributed by atoms with Gasteiger partial charge in [-0.3, -0.25) is 0 Å². The first-order chi connectivity index (χ1) is 7.55. The topological polar surface area (TPSA) is 0 Å². The van der Waals surface area contributed by atoms with Crippen molar-refractivity contribution in [3.8, 4) is 0 Å². The van der Waals surface area contributed by atoms with Crippen molar-refractivity contribution < 1.29 is 0 Å². The predicted octanol–water partition coefficient (Wildman–Crippen LogP) is 4.65. The molecule has 0 aliphatic heterocycles. The van der Waals surface area contributed by atoms with Crippen molar-refractivity contribution in [1.29, 1.82) is 0 Å². The second kappa shape index (κ2) is 4.87. The summed E-state index contributed by atoms with van der Waals surface area (Å²) < 4.78 is 0. The van der Waals surface area contributed by atoms with Crippen LogP contribution in [0.5, 0.6) is 0 Å². The summed E-state index contributed by atoms with van der Waals surface area (Å²) in [4.78, 5) is 0. The zero-order chi connectivity index (χ0) is 12.1. The molecule has 0 nitrogen and oxygen atoms in total. The SMILES string of the molecule is Cl/C=C1\C2C(Cl)C([C@@H](Cl)[C@@H]2Cl)C1(CCl)CCl. The van der Waals surface area contributed by atoms with E-state index in [4.69, 9.17) is 69.6 Å². The molecule has 0 saturated heterocycles. The lowest BCUT2D eigenvalue weighted by Crippen LogP contribution is -2.43. The number of rotatable bonds is 2. The first-order valence-corrected chi connectivity index (χ1v) is 7.71. The number of hydrogen-bond donors (Lipinski definition) is 0. The summed E-state index contributed by atoms with van der Waals surface area (Å²) in [6, 6.07) is 0. The van der Waals surface area contributed by atoms with Gasteiger partial charge in [-0.2, -0.15) is 0 Å². The molecule has 0 amide bonds. The molecule has 0 N–H and O–H groups in total. The Hall–Kier alpha value is 1.48. The van der Waals surface area contributed by atoms with E-state index in [2.05, 4.69) is 0 Å². The van der Waals surface area contributed by atoms with Crippen LogP contribution in [0.25, 0.3) is 0 Å². The van der Waals surface area contributed by atoms with E-state index < -0.39 is 5.41 Å². The number of halogens is 6. The fourth-order valence-corrected chi connectivity index (χ4v) is 6.15. The lowest BCUT2D eigenvalue weighted by molar-refractivity contribution is 0.306. The Morgan fingerprint density at radius 2 is 1.56 bits per heavy atom. The third-order valence-electron chi connectivity index (χ3n) is 3.84. The highest BCUT2D eigenvalue weighted by molar-refractivity contribution is 6.35. The Balaban J connectivity index is 2.50. The second-order valence-electron chi connectivity index (χ2n) is 4.37. The van der Waals surface area contributed by atoms with Crippen LogP contribution >= 0.6 is 69.6 Å². The average molecular weight is 343 g/mol. The third-order valence-corrected chi connectivity index (χ3v) is 6.79. The van der Waals surface area contributed by atoms with Crippen LogP contribution in [-0.4, -0.2) is 27.9 Å². The van der Waals surface area contributed by atoms with Gasteiger partial charge >= 0.3 is 0 Å². The van der Waals surface area contributed by atoms with Gasteiger partial charge in [0.05, 0.1) is 10.8 Å². The van der Waals surface area contributed by atoms with Crippen molar-refractivity contribution >= 4 is 69.6 Å². The maximum atomic E-state index is 6.39. The zero-order valence-electron chi connectivity index (χ0n) is 8.15. The van der Waals surface area contributed by atoms with Crippen molar-refractivity contribution in [2.75, 3.05) is 11.8 Å². The van der Waals surface area contributed by atoms with Crippen LogP contribution in [0.4, 0.5) is 0 Å². The standard InChI is InChI=1S/C10H10Cl6/c11-1-4-5-7(14)6(9(16)8(5)15)10(4,2-12)3-13/h1,5-9H,2-3H2/b4-1+/t5?,6?,7?,8-,9-/m1/s1. The molecule has 0 aromatic carbocycles. The van der Waals surface area contributed by atoms with Gasteiger partial charge < -0.3 is 0 Å². The summed E-state index contributed by atoms with van der Waals surface area (Å²) in [5, 5.41) is -0.529. The van der Waals surface area contributed by atoms with E-state index in [-0.39, 0.29) is 28.0 Å². The Morgan fingerprint density at radius 1 is 1.00 bits per heavy atom. The molecule has 0 radical (unpaired) electrons. The molecule has 2 bridgehead atoms. The highest BCUT2D eigenvalue weighted by Gasteiger charge is 2.66. The molecule has 92 valence electrons. The molecule has 2 aliphatic rings. The van der Waals surface area contributed by atoms with E-state index >= 15 is 0 Å². The average Bonchev–Trinajstić information content (AvgIpc) is 2.66. The molecule has 2 rings (SSSR count). The minimum atomic E-state index is -0.403. The molecule has 0 aromatic heterocycles. The molecule has 2 fully saturated rings. The minimum absolute atomic E-state index is 0.0108. The normalized spacial score (nSPS) is 47.9. The van der Waals surface area contributed by atoms with Gasteiger partial charge in [0.2, 0.25) is 0 Å². The van der Waals surface area contributed by atoms with Crippen LogP contribution in [0.3, 0.4) is 0 Å². The monoisotopic (exact) mass is 340 g/mol. The number of alkyl halides is 5. The molecular formula is C10H10Cl6. The largest absolute Gasteiger partial charge is 0.126 e. The molecule has 0 aromatic rings. The van der Waals surface area contributed by atoms with E-state index in [0.29, 0.717) is 11.8 Å². The van der Waals surface area contributed by atoms with Crippen molar-refractivity contribution in [1.82, 2.24) is 0 Å². The van der Waals surface area contributed by atoms with Crippen LogP contribution in [0.1, 0.15) is 0 Å². The summed E-state index contributed by atoms with van der Waals surface area (Å²) in [6.45, 7) is 0. The molecule has 16 heavy (non-hydrogen) atoms. The van der Waals surface area contributed by atoms with E-state index in [0.717, 1.165) is 5.57 Å². The number of fused-ring (bicyclic) bond motifs is 2. The van der Waals surface area contributed by atoms with Gasteiger partial charge in [0.15, 0.2) is 0 Å². The second-order valence-corrected chi connectivity index (χ2v) is 6.64. The molecule has 5 atom stereocenters. The van der Waals surface area contributed by atoms with Gasteiger partial charge in [0, 0.05) is 39.9 Å². The lowest BCUT2D eigenvalue weighted by atomic mass is 9.72. The summed E-state index contributed by atoms with van der Waals surface area (Å²) in [6.07, 6.45) is 0. The maximum absolute atomic E-state index is 6.39. The van der Waals surface area contributed by atoms with E-state index in [1.807, 2.05) is 0 Å².